The van der Waals surface area contributed by atoms with Gasteiger partial charge in [-0.3, -0.25) is 9.59 Å². The number of aliphatic carboxylic acids is 2. The monoisotopic (exact) mass is 390 g/mol. The molecule has 27 heavy (non-hydrogen) atoms. The first kappa shape index (κ1) is 21.2. The predicted molar refractivity (Wildman–Crippen MR) is 108 cm³/mol. The van der Waals surface area contributed by atoms with Gasteiger partial charge in [0.05, 0.1) is 17.6 Å². The van der Waals surface area contributed by atoms with Crippen LogP contribution in [0.4, 0.5) is 0 Å². The molecule has 0 unspecified atom stereocenters. The van der Waals surface area contributed by atoms with Crippen LogP contribution < -0.4 is 0 Å². The highest BCUT2D eigenvalue weighted by molar-refractivity contribution is 6.73. The van der Waals surface area contributed by atoms with E-state index in [2.05, 4.69) is 20.8 Å². The molecule has 0 heterocycles. The third-order valence-corrected chi connectivity index (χ3v) is 10.5. The Balaban J connectivity index is 2.70. The molecule has 0 aromatic heterocycles. The van der Waals surface area contributed by atoms with E-state index < -0.39 is 32.1 Å². The van der Waals surface area contributed by atoms with Gasteiger partial charge in [0.15, 0.2) is 0 Å². The minimum Gasteiger partial charge on any atom is -0.546 e. The van der Waals surface area contributed by atoms with Crippen molar-refractivity contribution in [2.75, 3.05) is 0 Å². The van der Waals surface area contributed by atoms with E-state index in [1.807, 2.05) is 31.2 Å². The summed E-state index contributed by atoms with van der Waals surface area (Å²) in [6.45, 7) is 8.31. The molecule has 6 heteroatoms. The van der Waals surface area contributed by atoms with Gasteiger partial charge < -0.3 is 14.6 Å². The van der Waals surface area contributed by atoms with Gasteiger partial charge in [-0.2, -0.15) is 0 Å². The van der Waals surface area contributed by atoms with Crippen molar-refractivity contribution in [1.29, 1.82) is 0 Å². The molecule has 0 spiro atoms. The van der Waals surface area contributed by atoms with E-state index in [0.29, 0.717) is 24.2 Å². The molecular weight excluding hydrogens is 360 g/mol. The smallest absolute Gasteiger partial charge is 0.312 e. The van der Waals surface area contributed by atoms with Gasteiger partial charge in [0.25, 0.3) is 0 Å². The molecule has 1 aliphatic rings. The van der Waals surface area contributed by atoms with Crippen molar-refractivity contribution in [3.63, 3.8) is 0 Å². The summed E-state index contributed by atoms with van der Waals surface area (Å²) in [7, 11) is -2.01. The molecule has 0 radical (unpaired) electrons. The molecule has 2 rings (SSSR count). The number of aryl methyl sites for hydroxylation is 1. The Bertz CT molecular complexity index is 728. The van der Waals surface area contributed by atoms with E-state index in [0.717, 1.165) is 29.3 Å². The van der Waals surface area contributed by atoms with E-state index in [1.54, 1.807) is 0 Å². The molecule has 0 saturated heterocycles. The van der Waals surface area contributed by atoms with Gasteiger partial charge in [-0.1, -0.05) is 45.0 Å². The van der Waals surface area contributed by atoms with Crippen molar-refractivity contribution in [2.45, 2.75) is 58.7 Å². The van der Waals surface area contributed by atoms with Crippen LogP contribution in [0.15, 0.2) is 30.0 Å². The van der Waals surface area contributed by atoms with Crippen molar-refractivity contribution in [3.8, 4) is 0 Å². The van der Waals surface area contributed by atoms with Gasteiger partial charge in [0, 0.05) is 12.0 Å². The lowest BCUT2D eigenvalue weighted by Gasteiger charge is -2.37. The number of hydrogen-bond acceptors (Lipinski definition) is 3. The summed E-state index contributed by atoms with van der Waals surface area (Å²) in [5, 5.41) is 19.6. The molecule has 1 aromatic carbocycles. The van der Waals surface area contributed by atoms with Crippen molar-refractivity contribution < 1.29 is 24.2 Å². The Kier molecular flexibility index (Phi) is 6.87. The van der Waals surface area contributed by atoms with E-state index in [4.69, 9.17) is 4.43 Å². The summed E-state index contributed by atoms with van der Waals surface area (Å²) < 4.78 is 6.62. The number of carboxylic acids is 2. The van der Waals surface area contributed by atoms with Crippen LogP contribution in [-0.4, -0.2) is 30.5 Å². The van der Waals surface area contributed by atoms with Crippen LogP contribution in [-0.2, 0) is 14.0 Å². The van der Waals surface area contributed by atoms with Crippen molar-refractivity contribution in [2.24, 2.45) is 11.8 Å². The Morgan fingerprint density at radius 3 is 2.15 bits per heavy atom. The molecule has 0 bridgehead atoms. The van der Waals surface area contributed by atoms with Crippen LogP contribution in [0.5, 0.6) is 0 Å². The average molecular weight is 391 g/mol. The summed E-state index contributed by atoms with van der Waals surface area (Å²) in [5.74, 6) is -3.49. The molecule has 2 N–H and O–H groups in total. The van der Waals surface area contributed by atoms with Crippen molar-refractivity contribution >= 4 is 25.8 Å². The quantitative estimate of drug-likeness (QED) is 0.615. The molecular formula is C21H30O5Si. The van der Waals surface area contributed by atoms with Crippen molar-refractivity contribution in [3.05, 3.63) is 41.2 Å². The average Bonchev–Trinajstić information content (AvgIpc) is 2.66. The Labute approximate surface area is 162 Å². The van der Waals surface area contributed by atoms with Crippen molar-refractivity contribution in [1.82, 2.24) is 0 Å². The maximum atomic E-state index is 12.1. The van der Waals surface area contributed by atoms with Crippen LogP contribution >= 0.6 is 0 Å². The second-order valence-corrected chi connectivity index (χ2v) is 12.0. The maximum absolute atomic E-state index is 12.1. The second-order valence-electron chi connectivity index (χ2n) is 7.30. The standard InChI is InChI=1S/C21H30O5Si/c1-5-27(6-2,7-3)26-17-13-12-16(20(22)23)19(21(24)25)18(17)15-11-9-8-10-14(15)4/h8-11,16,19H,5-7,12-13H2,1-4H3,(H,22,23)(H,24,25)/t16-,19+/m1/s1. The third-order valence-electron chi connectivity index (χ3n) is 5.99. The lowest BCUT2D eigenvalue weighted by Crippen LogP contribution is -2.39. The van der Waals surface area contributed by atoms with Gasteiger partial charge >= 0.3 is 11.9 Å². The Hall–Kier alpha value is -2.08. The van der Waals surface area contributed by atoms with Crippen LogP contribution in [0.2, 0.25) is 18.1 Å². The first-order valence-electron chi connectivity index (χ1n) is 9.73. The molecule has 0 aliphatic heterocycles. The fourth-order valence-electron chi connectivity index (χ4n) is 4.05. The Morgan fingerprint density at radius 2 is 1.67 bits per heavy atom. The summed E-state index contributed by atoms with van der Waals surface area (Å²) >= 11 is 0. The van der Waals surface area contributed by atoms with E-state index in [9.17, 15) is 19.8 Å². The minimum atomic E-state index is -2.01. The van der Waals surface area contributed by atoms with Gasteiger partial charge in [-0.05, 0) is 42.6 Å². The second kappa shape index (κ2) is 8.74. The number of hydrogen-bond donors (Lipinski definition) is 2. The summed E-state index contributed by atoms with van der Waals surface area (Å²) in [6, 6.07) is 10.4. The highest BCUT2D eigenvalue weighted by Crippen LogP contribution is 2.44. The first-order valence-corrected chi connectivity index (χ1v) is 12.3. The van der Waals surface area contributed by atoms with E-state index in [-0.39, 0.29) is 0 Å². The van der Waals surface area contributed by atoms with Crippen LogP contribution in [0.1, 0.15) is 44.7 Å². The molecule has 148 valence electrons. The predicted octanol–water partition coefficient (Wildman–Crippen LogP) is 4.92. The highest BCUT2D eigenvalue weighted by Gasteiger charge is 2.44. The Morgan fingerprint density at radius 1 is 1.07 bits per heavy atom. The fourth-order valence-corrected chi connectivity index (χ4v) is 6.72. The highest BCUT2D eigenvalue weighted by atomic mass is 28.4. The molecule has 1 aromatic rings. The SMILES string of the molecule is CC[Si](CC)(CC)OC1=C(c2ccccc2C)[C@@H](C(=O)O)[C@H](C(=O)O)CC1. The molecule has 5 nitrogen and oxygen atoms in total. The number of benzene rings is 1. The molecule has 0 fully saturated rings. The van der Waals surface area contributed by atoms with Crippen LogP contribution in [0.25, 0.3) is 5.57 Å². The molecule has 2 atom stereocenters. The zero-order valence-corrected chi connectivity index (χ0v) is 17.6. The van der Waals surface area contributed by atoms with Gasteiger partial charge in [-0.15, -0.1) is 0 Å². The number of rotatable bonds is 8. The third kappa shape index (κ3) is 4.26. The number of allylic oxidation sites excluding steroid dienone is 1. The van der Waals surface area contributed by atoms with E-state index in [1.165, 1.54) is 0 Å². The lowest BCUT2D eigenvalue weighted by molar-refractivity contribution is -0.152. The van der Waals surface area contributed by atoms with Gasteiger partial charge in [-0.25, -0.2) is 0 Å². The lowest BCUT2D eigenvalue weighted by atomic mass is 9.74. The summed E-state index contributed by atoms with van der Waals surface area (Å²) in [4.78, 5) is 23.9. The van der Waals surface area contributed by atoms with Crippen LogP contribution in [0.3, 0.4) is 0 Å². The van der Waals surface area contributed by atoms with Gasteiger partial charge in [0.2, 0.25) is 8.32 Å². The first-order chi connectivity index (χ1) is 12.8. The molecule has 0 amide bonds. The fraction of sp³-hybridized carbons (Fsp3) is 0.524. The van der Waals surface area contributed by atoms with Gasteiger partial charge in [0.1, 0.15) is 0 Å². The number of carbonyl (C=O) groups is 2. The summed E-state index contributed by atoms with van der Waals surface area (Å²) in [6.07, 6.45) is 0.762. The topological polar surface area (TPSA) is 83.8 Å². The molecule has 1 aliphatic carbocycles. The largest absolute Gasteiger partial charge is 0.546 e. The minimum absolute atomic E-state index is 0.290. The summed E-state index contributed by atoms with van der Waals surface area (Å²) in [5.41, 5.74) is 2.28. The van der Waals surface area contributed by atoms with E-state index >= 15 is 0 Å². The zero-order chi connectivity index (χ0) is 20.2. The number of carboxylic acid groups (broad SMARTS) is 2. The maximum Gasteiger partial charge on any atom is 0.312 e. The normalized spacial score (nSPS) is 20.4. The molecule has 0 saturated carbocycles. The zero-order valence-electron chi connectivity index (χ0n) is 16.6. The van der Waals surface area contributed by atoms with Crippen LogP contribution in [0, 0.1) is 18.8 Å².